The molecule has 2 rings (SSSR count). The Labute approximate surface area is 110 Å². The number of anilines is 1. The fraction of sp³-hybridized carbons (Fsp3) is 0.600. The zero-order chi connectivity index (χ0) is 13.0. The van der Waals surface area contributed by atoms with Crippen molar-refractivity contribution < 1.29 is 4.74 Å². The van der Waals surface area contributed by atoms with Crippen molar-refractivity contribution in [3.05, 3.63) is 24.3 Å². The molecule has 0 aromatic heterocycles. The molecular formula is C15H24N2O. The Morgan fingerprint density at radius 3 is 2.44 bits per heavy atom. The van der Waals surface area contributed by atoms with Gasteiger partial charge in [-0.1, -0.05) is 19.1 Å². The lowest BCUT2D eigenvalue weighted by molar-refractivity contribution is 0.192. The third-order valence-corrected chi connectivity index (χ3v) is 3.95. The van der Waals surface area contributed by atoms with Crippen molar-refractivity contribution in [1.82, 2.24) is 4.90 Å². The molecule has 100 valence electrons. The first kappa shape index (κ1) is 13.2. The summed E-state index contributed by atoms with van der Waals surface area (Å²) in [5.74, 6) is 0.981. The molecule has 1 aliphatic heterocycles. The maximum Gasteiger partial charge on any atom is 0.142 e. The van der Waals surface area contributed by atoms with Crippen LogP contribution in [0.1, 0.15) is 20.3 Å². The van der Waals surface area contributed by atoms with Crippen LogP contribution in [-0.2, 0) is 0 Å². The number of methoxy groups -OCH3 is 1. The van der Waals surface area contributed by atoms with E-state index in [1.807, 2.05) is 12.1 Å². The average Bonchev–Trinajstić information content (AvgIpc) is 2.46. The summed E-state index contributed by atoms with van der Waals surface area (Å²) in [6, 6.07) is 9.00. The molecule has 1 heterocycles. The largest absolute Gasteiger partial charge is 0.495 e. The first-order valence-electron chi connectivity index (χ1n) is 6.88. The number of piperazine rings is 1. The Balaban J connectivity index is 2.01. The van der Waals surface area contributed by atoms with Crippen LogP contribution in [-0.4, -0.2) is 44.2 Å². The quantitative estimate of drug-likeness (QED) is 0.814. The van der Waals surface area contributed by atoms with Crippen LogP contribution in [0.25, 0.3) is 0 Å². The summed E-state index contributed by atoms with van der Waals surface area (Å²) >= 11 is 0. The van der Waals surface area contributed by atoms with Crippen molar-refractivity contribution in [3.8, 4) is 5.75 Å². The third kappa shape index (κ3) is 2.78. The minimum absolute atomic E-state index is 0.699. The van der Waals surface area contributed by atoms with Gasteiger partial charge >= 0.3 is 0 Å². The van der Waals surface area contributed by atoms with E-state index in [2.05, 4.69) is 35.8 Å². The monoisotopic (exact) mass is 248 g/mol. The number of para-hydroxylation sites is 2. The van der Waals surface area contributed by atoms with Crippen LogP contribution in [0.15, 0.2) is 24.3 Å². The van der Waals surface area contributed by atoms with Gasteiger partial charge in [0.2, 0.25) is 0 Å². The van der Waals surface area contributed by atoms with E-state index in [9.17, 15) is 0 Å². The summed E-state index contributed by atoms with van der Waals surface area (Å²) in [5.41, 5.74) is 1.23. The standard InChI is InChI=1S/C15H24N2O/c1-4-13(2)16-9-11-17(12-10-16)14-7-5-6-8-15(14)18-3/h5-8,13H,4,9-12H2,1-3H3/t13-/m0/s1. The fourth-order valence-electron chi connectivity index (χ4n) is 2.55. The second kappa shape index (κ2) is 6.10. The van der Waals surface area contributed by atoms with Gasteiger partial charge in [0.15, 0.2) is 0 Å². The molecule has 1 aliphatic rings. The summed E-state index contributed by atoms with van der Waals surface area (Å²) < 4.78 is 5.44. The van der Waals surface area contributed by atoms with Crippen LogP contribution in [0.4, 0.5) is 5.69 Å². The van der Waals surface area contributed by atoms with Gasteiger partial charge in [-0.05, 0) is 25.5 Å². The topological polar surface area (TPSA) is 15.7 Å². The molecule has 1 aromatic carbocycles. The molecule has 3 nitrogen and oxygen atoms in total. The molecule has 0 saturated carbocycles. The maximum atomic E-state index is 5.44. The Hall–Kier alpha value is -1.22. The van der Waals surface area contributed by atoms with Crippen molar-refractivity contribution in [3.63, 3.8) is 0 Å². The van der Waals surface area contributed by atoms with Crippen molar-refractivity contribution >= 4 is 5.69 Å². The minimum Gasteiger partial charge on any atom is -0.495 e. The van der Waals surface area contributed by atoms with Crippen molar-refractivity contribution in [2.24, 2.45) is 0 Å². The first-order chi connectivity index (χ1) is 8.76. The van der Waals surface area contributed by atoms with Crippen LogP contribution in [0.3, 0.4) is 0 Å². The van der Waals surface area contributed by atoms with Crippen LogP contribution in [0.2, 0.25) is 0 Å². The van der Waals surface area contributed by atoms with E-state index < -0.39 is 0 Å². The molecule has 0 amide bonds. The van der Waals surface area contributed by atoms with Gasteiger partial charge < -0.3 is 9.64 Å². The summed E-state index contributed by atoms with van der Waals surface area (Å²) in [5, 5.41) is 0. The second-order valence-corrected chi connectivity index (χ2v) is 4.95. The van der Waals surface area contributed by atoms with E-state index in [1.54, 1.807) is 7.11 Å². The average molecular weight is 248 g/mol. The van der Waals surface area contributed by atoms with E-state index in [-0.39, 0.29) is 0 Å². The molecule has 0 unspecified atom stereocenters. The normalized spacial score (nSPS) is 18.7. The molecule has 1 aromatic rings. The van der Waals surface area contributed by atoms with Crippen molar-refractivity contribution in [2.75, 3.05) is 38.2 Å². The zero-order valence-corrected chi connectivity index (χ0v) is 11.7. The molecule has 0 N–H and O–H groups in total. The van der Waals surface area contributed by atoms with Gasteiger partial charge in [0.25, 0.3) is 0 Å². The van der Waals surface area contributed by atoms with E-state index in [4.69, 9.17) is 4.74 Å². The molecule has 0 aliphatic carbocycles. The number of hydrogen-bond donors (Lipinski definition) is 0. The lowest BCUT2D eigenvalue weighted by Crippen LogP contribution is -2.49. The predicted molar refractivity (Wildman–Crippen MR) is 76.5 cm³/mol. The van der Waals surface area contributed by atoms with Gasteiger partial charge in [0.1, 0.15) is 5.75 Å². The highest BCUT2D eigenvalue weighted by molar-refractivity contribution is 5.58. The summed E-state index contributed by atoms with van der Waals surface area (Å²) in [4.78, 5) is 5.00. The number of nitrogens with zero attached hydrogens (tertiary/aromatic N) is 2. The van der Waals surface area contributed by atoms with E-state index >= 15 is 0 Å². The van der Waals surface area contributed by atoms with Gasteiger partial charge in [0.05, 0.1) is 12.8 Å². The Morgan fingerprint density at radius 1 is 1.17 bits per heavy atom. The smallest absolute Gasteiger partial charge is 0.142 e. The van der Waals surface area contributed by atoms with Gasteiger partial charge in [-0.3, -0.25) is 4.90 Å². The lowest BCUT2D eigenvalue weighted by atomic mass is 10.1. The van der Waals surface area contributed by atoms with Gasteiger partial charge in [0, 0.05) is 32.2 Å². The summed E-state index contributed by atoms with van der Waals surface area (Å²) in [7, 11) is 1.74. The third-order valence-electron chi connectivity index (χ3n) is 3.95. The van der Waals surface area contributed by atoms with Gasteiger partial charge in [-0.15, -0.1) is 0 Å². The molecule has 1 atom stereocenters. The molecule has 1 saturated heterocycles. The predicted octanol–water partition coefficient (Wildman–Crippen LogP) is 2.62. The highest BCUT2D eigenvalue weighted by atomic mass is 16.5. The number of ether oxygens (including phenoxy) is 1. The highest BCUT2D eigenvalue weighted by Gasteiger charge is 2.21. The van der Waals surface area contributed by atoms with Crippen LogP contribution >= 0.6 is 0 Å². The zero-order valence-electron chi connectivity index (χ0n) is 11.7. The number of rotatable bonds is 4. The van der Waals surface area contributed by atoms with Crippen LogP contribution < -0.4 is 9.64 Å². The molecule has 3 heteroatoms. The molecule has 0 radical (unpaired) electrons. The summed E-state index contributed by atoms with van der Waals surface area (Å²) in [6.45, 7) is 9.05. The summed E-state index contributed by atoms with van der Waals surface area (Å²) in [6.07, 6.45) is 1.23. The maximum absolute atomic E-state index is 5.44. The fourth-order valence-corrected chi connectivity index (χ4v) is 2.55. The Morgan fingerprint density at radius 2 is 1.83 bits per heavy atom. The number of benzene rings is 1. The number of hydrogen-bond acceptors (Lipinski definition) is 3. The van der Waals surface area contributed by atoms with Gasteiger partial charge in [-0.25, -0.2) is 0 Å². The SMILES string of the molecule is CC[C@H](C)N1CCN(c2ccccc2OC)CC1. The minimum atomic E-state index is 0.699. The van der Waals surface area contributed by atoms with E-state index in [1.165, 1.54) is 12.1 Å². The Bertz CT molecular complexity index is 373. The highest BCUT2D eigenvalue weighted by Crippen LogP contribution is 2.28. The second-order valence-electron chi connectivity index (χ2n) is 4.95. The van der Waals surface area contributed by atoms with E-state index in [0.717, 1.165) is 31.9 Å². The molecule has 0 bridgehead atoms. The Kier molecular flexibility index (Phi) is 4.48. The molecule has 0 spiro atoms. The van der Waals surface area contributed by atoms with Gasteiger partial charge in [-0.2, -0.15) is 0 Å². The molecular weight excluding hydrogens is 224 g/mol. The molecule has 1 fully saturated rings. The van der Waals surface area contributed by atoms with Crippen molar-refractivity contribution in [2.45, 2.75) is 26.3 Å². The molecule has 18 heavy (non-hydrogen) atoms. The van der Waals surface area contributed by atoms with E-state index in [0.29, 0.717) is 6.04 Å². The first-order valence-corrected chi connectivity index (χ1v) is 6.88. The van der Waals surface area contributed by atoms with Crippen molar-refractivity contribution in [1.29, 1.82) is 0 Å². The van der Waals surface area contributed by atoms with Crippen LogP contribution in [0, 0.1) is 0 Å². The lowest BCUT2D eigenvalue weighted by Gasteiger charge is -2.39. The van der Waals surface area contributed by atoms with Crippen LogP contribution in [0.5, 0.6) is 5.75 Å².